The van der Waals surface area contributed by atoms with E-state index < -0.39 is 17.9 Å². The van der Waals surface area contributed by atoms with Gasteiger partial charge < -0.3 is 26.0 Å². The summed E-state index contributed by atoms with van der Waals surface area (Å²) in [7, 11) is 0. The second-order valence-corrected chi connectivity index (χ2v) is 5.95. The first-order valence-electron chi connectivity index (χ1n) is 8.22. The number of fused-ring (bicyclic) bond motifs is 1. The van der Waals surface area contributed by atoms with Gasteiger partial charge in [0.2, 0.25) is 0 Å². The van der Waals surface area contributed by atoms with Gasteiger partial charge in [-0.1, -0.05) is 36.4 Å². The summed E-state index contributed by atoms with van der Waals surface area (Å²) >= 11 is 0. The minimum absolute atomic E-state index is 0.0653. The molecule has 3 aromatic carbocycles. The number of phenols is 2. The molecule has 0 spiro atoms. The van der Waals surface area contributed by atoms with E-state index >= 15 is 0 Å². The minimum Gasteiger partial charge on any atom is -0.508 e. The normalized spacial score (nSPS) is 11.7. The number of amides is 2. The summed E-state index contributed by atoms with van der Waals surface area (Å²) in [4.78, 5) is 24.2. The van der Waals surface area contributed by atoms with Crippen LogP contribution in [0.4, 0.5) is 5.69 Å². The van der Waals surface area contributed by atoms with Crippen LogP contribution in [0, 0.1) is 0 Å². The first kappa shape index (κ1) is 18.2. The molecule has 7 nitrogen and oxygen atoms in total. The number of aromatic hydroxyl groups is 2. The molecule has 0 saturated heterocycles. The largest absolute Gasteiger partial charge is 0.508 e. The standard InChI is InChI=1S/C20H18N2O5/c23-13-9-7-12(8-10-13)18(25)11-21-19(26)20(27)22-16-5-1-4-15-14(16)3-2-6-17(15)24/h1-10,18,23-25H,11H2,(H,21,26)(H,22,27)/t18-/m1/s1. The second kappa shape index (κ2) is 7.76. The number of hydrogen-bond donors (Lipinski definition) is 5. The van der Waals surface area contributed by atoms with Crippen molar-refractivity contribution < 1.29 is 24.9 Å². The van der Waals surface area contributed by atoms with Crippen LogP contribution in [-0.4, -0.2) is 33.7 Å². The van der Waals surface area contributed by atoms with E-state index in [-0.39, 0.29) is 18.0 Å². The first-order chi connectivity index (χ1) is 13.0. The highest BCUT2D eigenvalue weighted by atomic mass is 16.3. The molecule has 0 aliphatic carbocycles. The van der Waals surface area contributed by atoms with Crippen molar-refractivity contribution in [1.82, 2.24) is 5.32 Å². The quantitative estimate of drug-likeness (QED) is 0.453. The third kappa shape index (κ3) is 4.16. The second-order valence-electron chi connectivity index (χ2n) is 5.95. The molecule has 3 aromatic rings. The van der Waals surface area contributed by atoms with Gasteiger partial charge in [0.15, 0.2) is 0 Å². The molecular weight excluding hydrogens is 348 g/mol. The fourth-order valence-electron chi connectivity index (χ4n) is 2.67. The molecule has 7 heteroatoms. The van der Waals surface area contributed by atoms with Crippen LogP contribution in [0.2, 0.25) is 0 Å². The van der Waals surface area contributed by atoms with Crippen molar-refractivity contribution in [2.45, 2.75) is 6.10 Å². The van der Waals surface area contributed by atoms with E-state index in [1.54, 1.807) is 30.3 Å². The molecule has 3 rings (SSSR count). The molecule has 138 valence electrons. The SMILES string of the molecule is O=C(NC[C@@H](O)c1ccc(O)cc1)C(=O)Nc1cccc2c(O)cccc12. The minimum atomic E-state index is -1.02. The van der Waals surface area contributed by atoms with Gasteiger partial charge >= 0.3 is 11.8 Å². The first-order valence-corrected chi connectivity index (χ1v) is 8.22. The summed E-state index contributed by atoms with van der Waals surface area (Å²) in [6, 6.07) is 15.8. The maximum atomic E-state index is 12.1. The number of phenolic OH excluding ortho intramolecular Hbond substituents is 2. The molecule has 0 unspecified atom stereocenters. The lowest BCUT2D eigenvalue weighted by Crippen LogP contribution is -2.37. The molecule has 1 atom stereocenters. The van der Waals surface area contributed by atoms with Crippen LogP contribution in [-0.2, 0) is 9.59 Å². The molecule has 0 aromatic heterocycles. The summed E-state index contributed by atoms with van der Waals surface area (Å²) in [6.07, 6.45) is -1.02. The van der Waals surface area contributed by atoms with Gasteiger partial charge in [0.25, 0.3) is 0 Å². The zero-order valence-electron chi connectivity index (χ0n) is 14.2. The Morgan fingerprint density at radius 3 is 2.26 bits per heavy atom. The van der Waals surface area contributed by atoms with E-state index in [0.29, 0.717) is 22.0 Å². The Morgan fingerprint density at radius 2 is 1.52 bits per heavy atom. The lowest BCUT2D eigenvalue weighted by atomic mass is 10.1. The number of nitrogens with one attached hydrogen (secondary N) is 2. The summed E-state index contributed by atoms with van der Waals surface area (Å²) < 4.78 is 0. The maximum Gasteiger partial charge on any atom is 0.313 e. The Morgan fingerprint density at radius 1 is 0.852 bits per heavy atom. The fraction of sp³-hybridized carbons (Fsp3) is 0.100. The smallest absolute Gasteiger partial charge is 0.313 e. The van der Waals surface area contributed by atoms with Gasteiger partial charge in [-0.25, -0.2) is 0 Å². The molecule has 5 N–H and O–H groups in total. The Balaban J connectivity index is 1.64. The molecular formula is C20H18N2O5. The summed E-state index contributed by atoms with van der Waals surface area (Å²) in [5.74, 6) is -1.64. The number of carbonyl (C=O) groups excluding carboxylic acids is 2. The zero-order valence-corrected chi connectivity index (χ0v) is 14.2. The zero-order chi connectivity index (χ0) is 19.4. The maximum absolute atomic E-state index is 12.1. The Hall–Kier alpha value is -3.58. The lowest BCUT2D eigenvalue weighted by Gasteiger charge is -2.13. The molecule has 0 radical (unpaired) electrons. The highest BCUT2D eigenvalue weighted by molar-refractivity contribution is 6.40. The molecule has 0 aliphatic rings. The van der Waals surface area contributed by atoms with Crippen molar-refractivity contribution in [2.75, 3.05) is 11.9 Å². The molecule has 2 amide bonds. The van der Waals surface area contributed by atoms with Gasteiger partial charge in [0.1, 0.15) is 11.5 Å². The predicted octanol–water partition coefficient (Wildman–Crippen LogP) is 2.04. The van der Waals surface area contributed by atoms with E-state index in [1.165, 1.54) is 30.3 Å². The number of anilines is 1. The predicted molar refractivity (Wildman–Crippen MR) is 100 cm³/mol. The summed E-state index contributed by atoms with van der Waals surface area (Å²) in [5.41, 5.74) is 0.890. The molecule has 0 bridgehead atoms. The van der Waals surface area contributed by atoms with E-state index in [1.807, 2.05) is 0 Å². The van der Waals surface area contributed by atoms with Gasteiger partial charge in [-0.15, -0.1) is 0 Å². The van der Waals surface area contributed by atoms with Crippen LogP contribution in [0.3, 0.4) is 0 Å². The number of hydrogen-bond acceptors (Lipinski definition) is 5. The highest BCUT2D eigenvalue weighted by Crippen LogP contribution is 2.29. The average Bonchev–Trinajstić information content (AvgIpc) is 2.67. The number of aliphatic hydroxyl groups is 1. The average molecular weight is 366 g/mol. The van der Waals surface area contributed by atoms with Crippen LogP contribution >= 0.6 is 0 Å². The van der Waals surface area contributed by atoms with E-state index in [4.69, 9.17) is 0 Å². The monoisotopic (exact) mass is 366 g/mol. The lowest BCUT2D eigenvalue weighted by molar-refractivity contribution is -0.136. The third-order valence-electron chi connectivity index (χ3n) is 4.09. The van der Waals surface area contributed by atoms with Crippen LogP contribution in [0.5, 0.6) is 11.5 Å². The Labute approximate surface area is 154 Å². The Bertz CT molecular complexity index is 985. The molecule has 0 heterocycles. The number of rotatable bonds is 4. The number of benzene rings is 3. The van der Waals surface area contributed by atoms with Crippen LogP contribution in [0.25, 0.3) is 10.8 Å². The van der Waals surface area contributed by atoms with Gasteiger partial charge in [-0.3, -0.25) is 9.59 Å². The van der Waals surface area contributed by atoms with Crippen molar-refractivity contribution >= 4 is 28.3 Å². The number of carbonyl (C=O) groups is 2. The van der Waals surface area contributed by atoms with Gasteiger partial charge in [-0.2, -0.15) is 0 Å². The van der Waals surface area contributed by atoms with Gasteiger partial charge in [-0.05, 0) is 29.8 Å². The van der Waals surface area contributed by atoms with Crippen molar-refractivity contribution in [3.05, 3.63) is 66.2 Å². The van der Waals surface area contributed by atoms with Crippen molar-refractivity contribution in [3.63, 3.8) is 0 Å². The van der Waals surface area contributed by atoms with E-state index in [0.717, 1.165) is 0 Å². The van der Waals surface area contributed by atoms with E-state index in [2.05, 4.69) is 10.6 Å². The van der Waals surface area contributed by atoms with Gasteiger partial charge in [0, 0.05) is 23.0 Å². The summed E-state index contributed by atoms with van der Waals surface area (Å²) in [6.45, 7) is -0.159. The molecule has 0 fully saturated rings. The molecule has 0 saturated carbocycles. The van der Waals surface area contributed by atoms with Gasteiger partial charge in [0.05, 0.1) is 6.10 Å². The van der Waals surface area contributed by atoms with E-state index in [9.17, 15) is 24.9 Å². The van der Waals surface area contributed by atoms with Crippen molar-refractivity contribution in [3.8, 4) is 11.5 Å². The summed E-state index contributed by atoms with van der Waals surface area (Å²) in [5, 5.41) is 35.2. The number of aliphatic hydroxyl groups excluding tert-OH is 1. The van der Waals surface area contributed by atoms with Crippen LogP contribution < -0.4 is 10.6 Å². The molecule has 27 heavy (non-hydrogen) atoms. The third-order valence-corrected chi connectivity index (χ3v) is 4.09. The Kier molecular flexibility index (Phi) is 5.23. The van der Waals surface area contributed by atoms with Crippen molar-refractivity contribution in [1.29, 1.82) is 0 Å². The topological polar surface area (TPSA) is 119 Å². The molecule has 0 aliphatic heterocycles. The van der Waals surface area contributed by atoms with Crippen molar-refractivity contribution in [2.24, 2.45) is 0 Å². The van der Waals surface area contributed by atoms with Crippen LogP contribution in [0.15, 0.2) is 60.7 Å². The fourth-order valence-corrected chi connectivity index (χ4v) is 2.67. The van der Waals surface area contributed by atoms with Crippen LogP contribution in [0.1, 0.15) is 11.7 Å². The highest BCUT2D eigenvalue weighted by Gasteiger charge is 2.17.